The molecule has 0 bridgehead atoms. The third kappa shape index (κ3) is 2.97. The molecule has 0 unspecified atom stereocenters. The SMILES string of the molecule is FC(F)(F)C(F)(F)C(F)(F)C(F)(F)CCOC1COC1. The molecule has 0 atom stereocenters. The Balaban J connectivity index is 2.71. The molecule has 0 aromatic carbocycles. The molecule has 0 radical (unpaired) electrons. The van der Waals surface area contributed by atoms with Gasteiger partial charge in [0.1, 0.15) is 6.10 Å². The molecule has 20 heavy (non-hydrogen) atoms. The highest BCUT2D eigenvalue weighted by Gasteiger charge is 2.81. The first-order chi connectivity index (χ1) is 8.83. The maximum atomic E-state index is 13.0. The lowest BCUT2D eigenvalue weighted by atomic mass is 10.0. The van der Waals surface area contributed by atoms with Crippen molar-refractivity contribution in [3.63, 3.8) is 0 Å². The zero-order valence-corrected chi connectivity index (χ0v) is 9.62. The van der Waals surface area contributed by atoms with Crippen LogP contribution in [0.1, 0.15) is 6.42 Å². The topological polar surface area (TPSA) is 18.5 Å². The van der Waals surface area contributed by atoms with Crippen LogP contribution in [0, 0.1) is 0 Å². The van der Waals surface area contributed by atoms with Crippen molar-refractivity contribution in [3.8, 4) is 0 Å². The van der Waals surface area contributed by atoms with Gasteiger partial charge in [-0.15, -0.1) is 0 Å². The van der Waals surface area contributed by atoms with Gasteiger partial charge in [0, 0.05) is 6.42 Å². The second kappa shape index (κ2) is 5.24. The predicted molar refractivity (Wildman–Crippen MR) is 46.1 cm³/mol. The van der Waals surface area contributed by atoms with Gasteiger partial charge in [-0.1, -0.05) is 0 Å². The Kier molecular flexibility index (Phi) is 4.55. The van der Waals surface area contributed by atoms with Crippen molar-refractivity contribution in [2.75, 3.05) is 19.8 Å². The van der Waals surface area contributed by atoms with E-state index in [1.807, 2.05) is 0 Å². The lowest BCUT2D eigenvalue weighted by molar-refractivity contribution is -0.397. The number of ether oxygens (including phenoxy) is 2. The summed E-state index contributed by atoms with van der Waals surface area (Å²) in [6, 6.07) is 0. The number of hydrogen-bond donors (Lipinski definition) is 0. The van der Waals surface area contributed by atoms with Crippen molar-refractivity contribution < 1.29 is 49.0 Å². The van der Waals surface area contributed by atoms with Crippen LogP contribution in [0.15, 0.2) is 0 Å². The van der Waals surface area contributed by atoms with E-state index in [1.165, 1.54) is 0 Å². The zero-order valence-electron chi connectivity index (χ0n) is 9.62. The third-order valence-electron chi connectivity index (χ3n) is 2.59. The fourth-order valence-corrected chi connectivity index (χ4v) is 1.23. The van der Waals surface area contributed by atoms with E-state index in [0.29, 0.717) is 0 Å². The van der Waals surface area contributed by atoms with Crippen molar-refractivity contribution >= 4 is 0 Å². The Hall–Kier alpha value is -0.710. The Labute approximate surface area is 106 Å². The predicted octanol–water partition coefficient (Wildman–Crippen LogP) is 3.26. The molecule has 11 heteroatoms. The van der Waals surface area contributed by atoms with Crippen molar-refractivity contribution in [3.05, 3.63) is 0 Å². The molecular weight excluding hydrogens is 311 g/mol. The van der Waals surface area contributed by atoms with Crippen molar-refractivity contribution in [2.45, 2.75) is 36.5 Å². The van der Waals surface area contributed by atoms with E-state index in [2.05, 4.69) is 9.47 Å². The van der Waals surface area contributed by atoms with E-state index in [4.69, 9.17) is 0 Å². The smallest absolute Gasteiger partial charge is 0.376 e. The van der Waals surface area contributed by atoms with Gasteiger partial charge in [0.15, 0.2) is 0 Å². The van der Waals surface area contributed by atoms with Gasteiger partial charge >= 0.3 is 23.9 Å². The molecular formula is C9H9F9O2. The van der Waals surface area contributed by atoms with Crippen LogP contribution in [0.2, 0.25) is 0 Å². The number of hydrogen-bond acceptors (Lipinski definition) is 2. The first kappa shape index (κ1) is 17.3. The minimum absolute atomic E-state index is 0.0146. The van der Waals surface area contributed by atoms with E-state index >= 15 is 0 Å². The molecule has 1 saturated heterocycles. The molecule has 0 aromatic rings. The number of alkyl halides is 9. The standard InChI is InChI=1S/C9H9F9O2/c10-6(11,1-2-20-5-3-19-4-5)7(12,13)8(14,15)9(16,17)18/h5H,1-4H2. The summed E-state index contributed by atoms with van der Waals surface area (Å²) < 4.78 is 121. The van der Waals surface area contributed by atoms with Crippen molar-refractivity contribution in [1.82, 2.24) is 0 Å². The highest BCUT2D eigenvalue weighted by Crippen LogP contribution is 2.53. The second-order valence-corrected chi connectivity index (χ2v) is 4.13. The van der Waals surface area contributed by atoms with Gasteiger partial charge in [0.25, 0.3) is 0 Å². The van der Waals surface area contributed by atoms with Gasteiger partial charge in [0.2, 0.25) is 0 Å². The maximum Gasteiger partial charge on any atom is 0.460 e. The lowest BCUT2D eigenvalue weighted by Crippen LogP contribution is -2.61. The Morgan fingerprint density at radius 1 is 0.850 bits per heavy atom. The van der Waals surface area contributed by atoms with E-state index in [0.717, 1.165) is 0 Å². The average Bonchev–Trinajstić information content (AvgIpc) is 2.19. The molecule has 1 heterocycles. The monoisotopic (exact) mass is 320 g/mol. The summed E-state index contributed by atoms with van der Waals surface area (Å²) in [7, 11) is 0. The molecule has 0 N–H and O–H groups in total. The van der Waals surface area contributed by atoms with E-state index in [-0.39, 0.29) is 13.2 Å². The number of halogens is 9. The normalized spacial score (nSPS) is 19.1. The molecule has 0 spiro atoms. The number of rotatable bonds is 6. The zero-order chi connectivity index (χ0) is 15.8. The summed E-state index contributed by atoms with van der Waals surface area (Å²) >= 11 is 0. The van der Waals surface area contributed by atoms with Gasteiger partial charge in [-0.25, -0.2) is 0 Å². The van der Waals surface area contributed by atoms with Crippen LogP contribution in [0.25, 0.3) is 0 Å². The average molecular weight is 320 g/mol. The highest BCUT2D eigenvalue weighted by atomic mass is 19.4. The summed E-state index contributed by atoms with van der Waals surface area (Å²) in [5, 5.41) is 0. The van der Waals surface area contributed by atoms with E-state index in [9.17, 15) is 39.5 Å². The fraction of sp³-hybridized carbons (Fsp3) is 1.00. The molecule has 0 aliphatic carbocycles. The van der Waals surface area contributed by atoms with Crippen LogP contribution >= 0.6 is 0 Å². The Bertz CT molecular complexity index is 335. The molecule has 0 saturated carbocycles. The van der Waals surface area contributed by atoms with Crippen LogP contribution in [-0.4, -0.2) is 49.9 Å². The largest absolute Gasteiger partial charge is 0.460 e. The quantitative estimate of drug-likeness (QED) is 0.700. The first-order valence-electron chi connectivity index (χ1n) is 5.22. The molecule has 1 aliphatic rings. The summed E-state index contributed by atoms with van der Waals surface area (Å²) in [6.45, 7) is -1.06. The molecule has 120 valence electrons. The second-order valence-electron chi connectivity index (χ2n) is 4.13. The van der Waals surface area contributed by atoms with Gasteiger partial charge in [0.05, 0.1) is 19.8 Å². The van der Waals surface area contributed by atoms with Crippen molar-refractivity contribution in [1.29, 1.82) is 0 Å². The molecule has 1 fully saturated rings. The molecule has 0 amide bonds. The van der Waals surface area contributed by atoms with E-state index < -0.39 is 43.1 Å². The minimum Gasteiger partial charge on any atom is -0.376 e. The summed E-state index contributed by atoms with van der Waals surface area (Å²) in [5.74, 6) is -19.0. The minimum atomic E-state index is -6.84. The maximum absolute atomic E-state index is 13.0. The first-order valence-corrected chi connectivity index (χ1v) is 5.22. The van der Waals surface area contributed by atoms with Gasteiger partial charge in [-0.2, -0.15) is 39.5 Å². The Morgan fingerprint density at radius 3 is 1.70 bits per heavy atom. The summed E-state index contributed by atoms with van der Waals surface area (Å²) in [4.78, 5) is 0. The summed E-state index contributed by atoms with van der Waals surface area (Å²) in [6.07, 6.45) is -9.41. The molecule has 0 aromatic heterocycles. The van der Waals surface area contributed by atoms with Crippen molar-refractivity contribution in [2.24, 2.45) is 0 Å². The van der Waals surface area contributed by atoms with Crippen LogP contribution in [0.4, 0.5) is 39.5 Å². The van der Waals surface area contributed by atoms with Gasteiger partial charge < -0.3 is 9.47 Å². The van der Waals surface area contributed by atoms with Crippen LogP contribution in [0.3, 0.4) is 0 Å². The van der Waals surface area contributed by atoms with Gasteiger partial charge in [-0.3, -0.25) is 0 Å². The van der Waals surface area contributed by atoms with Crippen LogP contribution in [0.5, 0.6) is 0 Å². The summed E-state index contributed by atoms with van der Waals surface area (Å²) in [5.41, 5.74) is 0. The lowest BCUT2D eigenvalue weighted by Gasteiger charge is -2.34. The van der Waals surface area contributed by atoms with Crippen LogP contribution in [-0.2, 0) is 9.47 Å². The van der Waals surface area contributed by atoms with E-state index in [1.54, 1.807) is 0 Å². The highest BCUT2D eigenvalue weighted by molar-refractivity contribution is 5.00. The fourth-order valence-electron chi connectivity index (χ4n) is 1.23. The third-order valence-corrected chi connectivity index (χ3v) is 2.59. The molecule has 2 nitrogen and oxygen atoms in total. The Morgan fingerprint density at radius 2 is 1.35 bits per heavy atom. The molecule has 1 aliphatic heterocycles. The molecule has 1 rings (SSSR count). The van der Waals surface area contributed by atoms with Crippen LogP contribution < -0.4 is 0 Å². The van der Waals surface area contributed by atoms with Gasteiger partial charge in [-0.05, 0) is 0 Å².